The Morgan fingerprint density at radius 2 is 1.78 bits per heavy atom. The van der Waals surface area contributed by atoms with Gasteiger partial charge in [0.1, 0.15) is 0 Å². The Bertz CT molecular complexity index is 854. The van der Waals surface area contributed by atoms with Gasteiger partial charge in [0.2, 0.25) is 5.91 Å². The lowest BCUT2D eigenvalue weighted by Gasteiger charge is -2.24. The van der Waals surface area contributed by atoms with Crippen molar-refractivity contribution in [3.05, 3.63) is 34.6 Å². The van der Waals surface area contributed by atoms with E-state index in [0.717, 1.165) is 25.9 Å². The average Bonchev–Trinajstić information content (AvgIpc) is 2.93. The zero-order chi connectivity index (χ0) is 19.4. The molecule has 0 unspecified atom stereocenters. The summed E-state index contributed by atoms with van der Waals surface area (Å²) in [5, 5.41) is 1.02. The second kappa shape index (κ2) is 8.91. The summed E-state index contributed by atoms with van der Waals surface area (Å²) in [7, 11) is 0. The third-order valence-corrected chi connectivity index (χ3v) is 6.00. The largest absolute Gasteiger partial charge is 0.342 e. The van der Waals surface area contributed by atoms with Crippen LogP contribution in [0.1, 0.15) is 46.5 Å². The maximum absolute atomic E-state index is 13.0. The van der Waals surface area contributed by atoms with Crippen LogP contribution in [0.3, 0.4) is 0 Å². The first kappa shape index (κ1) is 19.9. The predicted molar refractivity (Wildman–Crippen MR) is 111 cm³/mol. The predicted octanol–water partition coefficient (Wildman–Crippen LogP) is 3.94. The zero-order valence-corrected chi connectivity index (χ0v) is 17.3. The normalized spacial score (nSPS) is 16.5. The highest BCUT2D eigenvalue weighted by Gasteiger charge is 2.24. The van der Waals surface area contributed by atoms with Crippen LogP contribution >= 0.6 is 11.8 Å². The minimum atomic E-state index is -0.255. The second-order valence-corrected chi connectivity index (χ2v) is 9.03. The molecule has 1 fully saturated rings. The fourth-order valence-corrected chi connectivity index (χ4v) is 4.52. The van der Waals surface area contributed by atoms with E-state index in [1.807, 2.05) is 36.1 Å². The van der Waals surface area contributed by atoms with Gasteiger partial charge in [0.05, 0.1) is 16.2 Å². The van der Waals surface area contributed by atoms with E-state index < -0.39 is 0 Å². The van der Waals surface area contributed by atoms with Crippen molar-refractivity contribution in [2.24, 2.45) is 5.92 Å². The van der Waals surface area contributed by atoms with E-state index in [0.29, 0.717) is 28.5 Å². The van der Waals surface area contributed by atoms with Crippen molar-refractivity contribution in [3.63, 3.8) is 0 Å². The van der Waals surface area contributed by atoms with Crippen molar-refractivity contribution in [2.45, 2.75) is 63.4 Å². The van der Waals surface area contributed by atoms with Crippen molar-refractivity contribution in [1.82, 2.24) is 14.5 Å². The van der Waals surface area contributed by atoms with Crippen LogP contribution in [-0.4, -0.2) is 38.7 Å². The number of nitrogens with zero attached hydrogens (tertiary/aromatic N) is 3. The van der Waals surface area contributed by atoms with E-state index in [1.54, 1.807) is 4.57 Å². The summed E-state index contributed by atoms with van der Waals surface area (Å²) in [5.41, 5.74) is 0.672. The number of carbonyl (C=O) groups is 1. The van der Waals surface area contributed by atoms with E-state index in [9.17, 15) is 9.59 Å². The molecule has 2 heterocycles. The number of hydrogen-bond donors (Lipinski definition) is 0. The van der Waals surface area contributed by atoms with Crippen LogP contribution in [0, 0.1) is 5.92 Å². The number of hydrogen-bond acceptors (Lipinski definition) is 4. The van der Waals surface area contributed by atoms with Gasteiger partial charge in [-0.1, -0.05) is 50.6 Å². The van der Waals surface area contributed by atoms with Gasteiger partial charge in [-0.2, -0.15) is 0 Å². The molecule has 1 aliphatic heterocycles. The summed E-state index contributed by atoms with van der Waals surface area (Å²) < 4.78 is 1.74. The molecule has 27 heavy (non-hydrogen) atoms. The number of benzene rings is 1. The second-order valence-electron chi connectivity index (χ2n) is 7.72. The lowest BCUT2D eigenvalue weighted by Crippen LogP contribution is -2.37. The molecule has 0 N–H and O–H groups in total. The molecule has 0 radical (unpaired) electrons. The Balaban J connectivity index is 1.90. The van der Waals surface area contributed by atoms with Crippen LogP contribution < -0.4 is 5.56 Å². The summed E-state index contributed by atoms with van der Waals surface area (Å²) in [6, 6.07) is 7.44. The molecule has 1 amide bonds. The topological polar surface area (TPSA) is 55.2 Å². The average molecular weight is 388 g/mol. The summed E-state index contributed by atoms with van der Waals surface area (Å²) in [6.45, 7) is 8.38. The summed E-state index contributed by atoms with van der Waals surface area (Å²) in [6.07, 6.45) is 4.56. The summed E-state index contributed by atoms with van der Waals surface area (Å²) in [4.78, 5) is 32.6. The van der Waals surface area contributed by atoms with Crippen LogP contribution in [0.15, 0.2) is 34.2 Å². The minimum absolute atomic E-state index is 0.0220. The summed E-state index contributed by atoms with van der Waals surface area (Å²) >= 11 is 1.41. The smallest absolute Gasteiger partial charge is 0.262 e. The van der Waals surface area contributed by atoms with Gasteiger partial charge in [-0.3, -0.25) is 14.2 Å². The molecule has 5 nitrogen and oxygen atoms in total. The number of fused-ring (bicyclic) bond motifs is 1. The van der Waals surface area contributed by atoms with Gasteiger partial charge in [-0.15, -0.1) is 0 Å². The molecule has 146 valence electrons. The van der Waals surface area contributed by atoms with Crippen LogP contribution in [-0.2, 0) is 11.3 Å². The third-order valence-electron chi connectivity index (χ3n) is 4.92. The van der Waals surface area contributed by atoms with E-state index in [1.165, 1.54) is 24.6 Å². The lowest BCUT2D eigenvalue weighted by molar-refractivity contribution is -0.130. The Hall–Kier alpha value is -1.82. The molecular weight excluding hydrogens is 358 g/mol. The number of thioether (sulfide) groups is 1. The van der Waals surface area contributed by atoms with Gasteiger partial charge in [0.15, 0.2) is 5.16 Å². The number of amides is 1. The molecule has 0 bridgehead atoms. The SMILES string of the molecule is CC(C)Cn1c(S[C@@H](C)C(=O)N2CCCCCC2)nc2ccccc2c1=O. The minimum Gasteiger partial charge on any atom is -0.342 e. The van der Waals surface area contributed by atoms with Crippen molar-refractivity contribution in [2.75, 3.05) is 13.1 Å². The molecule has 0 aliphatic carbocycles. The van der Waals surface area contributed by atoms with Gasteiger partial charge in [-0.25, -0.2) is 4.98 Å². The summed E-state index contributed by atoms with van der Waals surface area (Å²) in [5.74, 6) is 0.474. The number of likely N-dealkylation sites (tertiary alicyclic amines) is 1. The standard InChI is InChI=1S/C21H29N3O2S/c1-15(2)14-24-20(26)17-10-6-7-11-18(17)22-21(24)27-16(3)19(25)23-12-8-4-5-9-13-23/h6-7,10-11,15-16H,4-5,8-9,12-14H2,1-3H3/t16-/m0/s1. The molecule has 6 heteroatoms. The number of carbonyl (C=O) groups excluding carboxylic acids is 1. The molecule has 1 aromatic heterocycles. The zero-order valence-electron chi connectivity index (χ0n) is 16.5. The fourth-order valence-electron chi connectivity index (χ4n) is 3.52. The van der Waals surface area contributed by atoms with Crippen LogP contribution in [0.2, 0.25) is 0 Å². The third kappa shape index (κ3) is 4.72. The Morgan fingerprint density at radius 3 is 2.44 bits per heavy atom. The first-order chi connectivity index (χ1) is 13.0. The Morgan fingerprint density at radius 1 is 1.11 bits per heavy atom. The van der Waals surface area contributed by atoms with E-state index in [2.05, 4.69) is 13.8 Å². The Kier molecular flexibility index (Phi) is 6.58. The maximum atomic E-state index is 13.0. The quantitative estimate of drug-likeness (QED) is 0.576. The molecule has 1 atom stereocenters. The Labute approximate surface area is 165 Å². The highest BCUT2D eigenvalue weighted by atomic mass is 32.2. The molecule has 2 aromatic rings. The van der Waals surface area contributed by atoms with Gasteiger partial charge >= 0.3 is 0 Å². The molecular formula is C21H29N3O2S. The van der Waals surface area contributed by atoms with Gasteiger partial charge in [0.25, 0.3) is 5.56 Å². The first-order valence-electron chi connectivity index (χ1n) is 9.92. The maximum Gasteiger partial charge on any atom is 0.262 e. The highest BCUT2D eigenvalue weighted by Crippen LogP contribution is 2.25. The van der Waals surface area contributed by atoms with Crippen molar-refractivity contribution in [1.29, 1.82) is 0 Å². The number of para-hydroxylation sites is 1. The van der Waals surface area contributed by atoms with Crippen molar-refractivity contribution < 1.29 is 4.79 Å². The number of aromatic nitrogens is 2. The van der Waals surface area contributed by atoms with Gasteiger partial charge in [0, 0.05) is 19.6 Å². The number of rotatable bonds is 5. The molecule has 0 saturated carbocycles. The van der Waals surface area contributed by atoms with Crippen molar-refractivity contribution >= 4 is 28.6 Å². The molecule has 1 aromatic carbocycles. The van der Waals surface area contributed by atoms with Crippen LogP contribution in [0.4, 0.5) is 0 Å². The molecule has 0 spiro atoms. The fraction of sp³-hybridized carbons (Fsp3) is 0.571. The van der Waals surface area contributed by atoms with Gasteiger partial charge < -0.3 is 4.90 Å². The molecule has 1 aliphatic rings. The first-order valence-corrected chi connectivity index (χ1v) is 10.8. The van der Waals surface area contributed by atoms with Crippen molar-refractivity contribution in [3.8, 4) is 0 Å². The van der Waals surface area contributed by atoms with Gasteiger partial charge in [-0.05, 0) is 37.8 Å². The van der Waals surface area contributed by atoms with E-state index in [4.69, 9.17) is 4.98 Å². The molecule has 1 saturated heterocycles. The highest BCUT2D eigenvalue weighted by molar-refractivity contribution is 8.00. The van der Waals surface area contributed by atoms with Crippen LogP contribution in [0.5, 0.6) is 0 Å². The van der Waals surface area contributed by atoms with Crippen LogP contribution in [0.25, 0.3) is 10.9 Å². The van der Waals surface area contributed by atoms with E-state index in [-0.39, 0.29) is 16.7 Å². The van der Waals surface area contributed by atoms with E-state index >= 15 is 0 Å². The monoisotopic (exact) mass is 387 g/mol. The molecule has 3 rings (SSSR count). The lowest BCUT2D eigenvalue weighted by atomic mass is 10.2.